The molecule has 3 aromatic rings. The van der Waals surface area contributed by atoms with Gasteiger partial charge in [-0.2, -0.15) is 0 Å². The molecule has 2 heterocycles. The van der Waals surface area contributed by atoms with E-state index in [0.717, 1.165) is 35.0 Å². The monoisotopic (exact) mass is 344 g/mol. The molecule has 6 nitrogen and oxygen atoms in total. The van der Waals surface area contributed by atoms with Gasteiger partial charge in [0.1, 0.15) is 11.4 Å². The zero-order valence-electron chi connectivity index (χ0n) is 13.9. The van der Waals surface area contributed by atoms with Crippen molar-refractivity contribution in [2.45, 2.75) is 12.8 Å². The summed E-state index contributed by atoms with van der Waals surface area (Å²) in [5, 5.41) is 0.945. The first kappa shape index (κ1) is 16.0. The lowest BCUT2D eigenvalue weighted by molar-refractivity contribution is 0.0841. The summed E-state index contributed by atoms with van der Waals surface area (Å²) in [4.78, 5) is 33.2. The van der Waals surface area contributed by atoms with Gasteiger partial charge in [-0.05, 0) is 36.6 Å². The van der Waals surface area contributed by atoms with Crippen molar-refractivity contribution in [1.82, 2.24) is 20.8 Å². The average Bonchev–Trinajstić information content (AvgIpc) is 2.71. The Bertz CT molecular complexity index is 1040. The number of para-hydroxylation sites is 1. The highest BCUT2D eigenvalue weighted by Gasteiger charge is 2.14. The number of hydrogen-bond donors (Lipinski definition) is 2. The summed E-state index contributed by atoms with van der Waals surface area (Å²) in [6, 6.07) is 14.5. The number of nitrogens with zero attached hydrogens (tertiary/aromatic N) is 2. The van der Waals surface area contributed by atoms with Crippen LogP contribution in [0.1, 0.15) is 38.7 Å². The van der Waals surface area contributed by atoms with Crippen LogP contribution >= 0.6 is 0 Å². The fraction of sp³-hybridized carbons (Fsp3) is 0.100. The molecular formula is C20H16N4O2. The highest BCUT2D eigenvalue weighted by Crippen LogP contribution is 2.17. The minimum absolute atomic E-state index is 0.229. The second-order valence-electron chi connectivity index (χ2n) is 5.97. The van der Waals surface area contributed by atoms with Crippen LogP contribution < -0.4 is 10.9 Å². The molecule has 0 aliphatic heterocycles. The summed E-state index contributed by atoms with van der Waals surface area (Å²) in [6.45, 7) is 0. The molecule has 1 aromatic carbocycles. The maximum atomic E-state index is 12.3. The van der Waals surface area contributed by atoms with Crippen LogP contribution in [0.15, 0.2) is 54.6 Å². The molecule has 26 heavy (non-hydrogen) atoms. The number of fused-ring (bicyclic) bond motifs is 2. The van der Waals surface area contributed by atoms with Crippen molar-refractivity contribution in [3.63, 3.8) is 0 Å². The van der Waals surface area contributed by atoms with Crippen LogP contribution in [-0.4, -0.2) is 21.8 Å². The van der Waals surface area contributed by atoms with Crippen molar-refractivity contribution in [2.75, 3.05) is 0 Å². The molecule has 0 saturated heterocycles. The molecule has 4 rings (SSSR count). The Kier molecular flexibility index (Phi) is 4.15. The number of carbonyl (C=O) groups excluding carboxylic acids is 2. The van der Waals surface area contributed by atoms with Gasteiger partial charge in [-0.25, -0.2) is 9.97 Å². The predicted octanol–water partition coefficient (Wildman–Crippen LogP) is 2.66. The lowest BCUT2D eigenvalue weighted by atomic mass is 10.0. The summed E-state index contributed by atoms with van der Waals surface area (Å²) in [5.41, 5.74) is 7.91. The third-order valence-corrected chi connectivity index (χ3v) is 4.21. The summed E-state index contributed by atoms with van der Waals surface area (Å²) in [5.74, 6) is -0.943. The molecule has 2 N–H and O–H groups in total. The van der Waals surface area contributed by atoms with Crippen LogP contribution in [-0.2, 0) is 6.42 Å². The van der Waals surface area contributed by atoms with Crippen molar-refractivity contribution in [1.29, 1.82) is 0 Å². The number of nitrogens with one attached hydrogen (secondary N) is 2. The molecule has 128 valence electrons. The summed E-state index contributed by atoms with van der Waals surface area (Å²) < 4.78 is 0. The van der Waals surface area contributed by atoms with Gasteiger partial charge in [0.25, 0.3) is 11.8 Å². The molecule has 2 aromatic heterocycles. The first-order valence-corrected chi connectivity index (χ1v) is 8.34. The first-order chi connectivity index (χ1) is 12.7. The molecular weight excluding hydrogens is 328 g/mol. The molecule has 0 fully saturated rings. The van der Waals surface area contributed by atoms with E-state index < -0.39 is 11.8 Å². The van der Waals surface area contributed by atoms with E-state index >= 15 is 0 Å². The lowest BCUT2D eigenvalue weighted by Gasteiger charge is -2.11. The highest BCUT2D eigenvalue weighted by molar-refractivity contribution is 5.98. The summed E-state index contributed by atoms with van der Waals surface area (Å²) in [6.07, 6.45) is 5.80. The van der Waals surface area contributed by atoms with Crippen molar-refractivity contribution in [3.8, 4) is 0 Å². The normalized spacial score (nSPS) is 12.5. The van der Waals surface area contributed by atoms with E-state index in [2.05, 4.69) is 26.9 Å². The molecule has 6 heteroatoms. The number of carbonyl (C=O) groups is 2. The van der Waals surface area contributed by atoms with E-state index in [1.165, 1.54) is 0 Å². The number of hydrogen-bond acceptors (Lipinski definition) is 4. The summed E-state index contributed by atoms with van der Waals surface area (Å²) >= 11 is 0. The van der Waals surface area contributed by atoms with Crippen molar-refractivity contribution in [2.24, 2.45) is 0 Å². The van der Waals surface area contributed by atoms with E-state index in [9.17, 15) is 9.59 Å². The smallest absolute Gasteiger partial charge is 0.266 e. The fourth-order valence-corrected chi connectivity index (χ4v) is 2.86. The fourth-order valence-electron chi connectivity index (χ4n) is 2.86. The van der Waals surface area contributed by atoms with Crippen LogP contribution in [0.3, 0.4) is 0 Å². The van der Waals surface area contributed by atoms with Gasteiger partial charge in [0, 0.05) is 11.1 Å². The van der Waals surface area contributed by atoms with Crippen LogP contribution in [0, 0.1) is 0 Å². The number of benzene rings is 1. The maximum Gasteiger partial charge on any atom is 0.288 e. The van der Waals surface area contributed by atoms with Crippen LogP contribution in [0.4, 0.5) is 0 Å². The van der Waals surface area contributed by atoms with Crippen molar-refractivity contribution in [3.05, 3.63) is 77.3 Å². The Morgan fingerprint density at radius 1 is 0.846 bits per heavy atom. The Balaban J connectivity index is 1.45. The van der Waals surface area contributed by atoms with E-state index in [4.69, 9.17) is 0 Å². The zero-order chi connectivity index (χ0) is 17.9. The number of aromatic nitrogens is 2. The standard InChI is InChI=1S/C20H16N4O2/c25-19(17-11-9-13-5-1-3-7-15(13)21-17)23-24-20(26)18-12-10-14-6-2-4-8-16(14)22-18/h1-3,5-7,9-12H,4,8H2,(H,23,25)(H,24,26). The average molecular weight is 344 g/mol. The molecule has 1 aliphatic carbocycles. The van der Waals surface area contributed by atoms with Gasteiger partial charge in [0.2, 0.25) is 0 Å². The van der Waals surface area contributed by atoms with E-state index in [0.29, 0.717) is 0 Å². The number of allylic oxidation sites excluding steroid dienone is 1. The van der Waals surface area contributed by atoms with Crippen molar-refractivity contribution < 1.29 is 9.59 Å². The number of pyridine rings is 2. The van der Waals surface area contributed by atoms with Crippen LogP contribution in [0.5, 0.6) is 0 Å². The van der Waals surface area contributed by atoms with Gasteiger partial charge in [0.15, 0.2) is 0 Å². The van der Waals surface area contributed by atoms with Gasteiger partial charge >= 0.3 is 0 Å². The molecule has 0 atom stereocenters. The van der Waals surface area contributed by atoms with Crippen molar-refractivity contribution >= 4 is 28.8 Å². The third kappa shape index (κ3) is 3.17. The molecule has 0 radical (unpaired) electrons. The number of rotatable bonds is 2. The predicted molar refractivity (Wildman–Crippen MR) is 98.3 cm³/mol. The van der Waals surface area contributed by atoms with Gasteiger partial charge in [-0.1, -0.05) is 42.5 Å². The highest BCUT2D eigenvalue weighted by atomic mass is 16.2. The molecule has 0 spiro atoms. The van der Waals surface area contributed by atoms with Crippen LogP contribution in [0.25, 0.3) is 17.0 Å². The Labute approximate surface area is 149 Å². The minimum atomic E-state index is -0.481. The van der Waals surface area contributed by atoms with Gasteiger partial charge in [-0.3, -0.25) is 20.4 Å². The second kappa shape index (κ2) is 6.76. The SMILES string of the molecule is O=C(NNC(=O)c1ccc2ccccc2n1)c1ccc2c(n1)CCC=C2. The molecule has 0 bridgehead atoms. The third-order valence-electron chi connectivity index (χ3n) is 4.21. The second-order valence-corrected chi connectivity index (χ2v) is 5.97. The molecule has 2 amide bonds. The largest absolute Gasteiger partial charge is 0.288 e. The number of amides is 2. The van der Waals surface area contributed by atoms with Gasteiger partial charge in [-0.15, -0.1) is 0 Å². The van der Waals surface area contributed by atoms with Crippen LogP contribution in [0.2, 0.25) is 0 Å². The number of aryl methyl sites for hydroxylation is 1. The molecule has 0 saturated carbocycles. The quantitative estimate of drug-likeness (QED) is 0.700. The Morgan fingerprint density at radius 2 is 1.58 bits per heavy atom. The Hall–Kier alpha value is -3.54. The molecule has 1 aliphatic rings. The Morgan fingerprint density at radius 3 is 2.42 bits per heavy atom. The first-order valence-electron chi connectivity index (χ1n) is 8.34. The maximum absolute atomic E-state index is 12.3. The summed E-state index contributed by atoms with van der Waals surface area (Å²) in [7, 11) is 0. The zero-order valence-corrected chi connectivity index (χ0v) is 13.9. The topological polar surface area (TPSA) is 84.0 Å². The van der Waals surface area contributed by atoms with E-state index in [-0.39, 0.29) is 11.4 Å². The van der Waals surface area contributed by atoms with Gasteiger partial charge in [0.05, 0.1) is 5.52 Å². The van der Waals surface area contributed by atoms with Gasteiger partial charge < -0.3 is 0 Å². The van der Waals surface area contributed by atoms with E-state index in [1.54, 1.807) is 12.1 Å². The lowest BCUT2D eigenvalue weighted by Crippen LogP contribution is -2.42. The van der Waals surface area contributed by atoms with E-state index in [1.807, 2.05) is 42.5 Å². The number of hydrazine groups is 1. The molecule has 0 unspecified atom stereocenters. The minimum Gasteiger partial charge on any atom is -0.266 e.